The maximum absolute atomic E-state index is 13.0. The van der Waals surface area contributed by atoms with Gasteiger partial charge in [0.1, 0.15) is 17.2 Å². The molecule has 0 spiro atoms. The number of hydrogen-bond acceptors (Lipinski definition) is 4. The smallest absolute Gasteiger partial charge is 0.206 e. The summed E-state index contributed by atoms with van der Waals surface area (Å²) in [6.07, 6.45) is 0.0254. The predicted octanol–water partition coefficient (Wildman–Crippen LogP) is 7.89. The fourth-order valence-corrected chi connectivity index (χ4v) is 4.97. The van der Waals surface area contributed by atoms with Crippen molar-refractivity contribution in [1.29, 1.82) is 0 Å². The molecule has 5 heteroatoms. The van der Waals surface area contributed by atoms with Crippen LogP contribution in [-0.2, 0) is 9.84 Å². The van der Waals surface area contributed by atoms with E-state index in [4.69, 9.17) is 9.47 Å². The molecule has 0 bridgehead atoms. The molecule has 0 amide bonds. The lowest BCUT2D eigenvalue weighted by Gasteiger charge is -2.11. The van der Waals surface area contributed by atoms with Crippen molar-refractivity contribution >= 4 is 9.84 Å². The molecule has 0 aliphatic heterocycles. The highest BCUT2D eigenvalue weighted by molar-refractivity contribution is 7.91. The maximum Gasteiger partial charge on any atom is 0.206 e. The van der Waals surface area contributed by atoms with Gasteiger partial charge in [0.2, 0.25) is 9.84 Å². The van der Waals surface area contributed by atoms with Crippen molar-refractivity contribution in [2.24, 2.45) is 0 Å². The van der Waals surface area contributed by atoms with E-state index in [9.17, 15) is 8.42 Å². The van der Waals surface area contributed by atoms with E-state index in [0.29, 0.717) is 23.2 Å². The Bertz CT molecular complexity index is 1350. The van der Waals surface area contributed by atoms with E-state index in [1.807, 2.05) is 38.1 Å². The highest BCUT2D eigenvalue weighted by Gasteiger charge is 2.18. The predicted molar refractivity (Wildman–Crippen MR) is 140 cm³/mol. The summed E-state index contributed by atoms with van der Waals surface area (Å²) in [4.78, 5) is 0.432. The van der Waals surface area contributed by atoms with Gasteiger partial charge < -0.3 is 9.47 Å². The zero-order chi connectivity index (χ0) is 25.0. The third-order valence-corrected chi connectivity index (χ3v) is 7.43. The van der Waals surface area contributed by atoms with Crippen LogP contribution in [0.15, 0.2) is 107 Å². The van der Waals surface area contributed by atoms with Gasteiger partial charge in [-0.05, 0) is 97.1 Å². The summed E-state index contributed by atoms with van der Waals surface area (Å²) in [6.45, 7) is 8.22. The standard InChI is InChI=1S/C30H30O4S/c1-21(2)23-5-7-24(8-6-23)25-9-11-27(12-10-25)34-28-15-19-30(20-16-28)35(31,32)29-17-13-26(14-18-29)33-22(3)4/h5-22H,1-4H3. The van der Waals surface area contributed by atoms with E-state index in [-0.39, 0.29) is 15.9 Å². The first-order valence-corrected chi connectivity index (χ1v) is 13.2. The van der Waals surface area contributed by atoms with Gasteiger partial charge in [-0.1, -0.05) is 50.2 Å². The van der Waals surface area contributed by atoms with Crippen molar-refractivity contribution in [3.63, 3.8) is 0 Å². The van der Waals surface area contributed by atoms with Gasteiger partial charge >= 0.3 is 0 Å². The van der Waals surface area contributed by atoms with E-state index in [0.717, 1.165) is 11.1 Å². The average Bonchev–Trinajstić information content (AvgIpc) is 2.85. The second kappa shape index (κ2) is 10.4. The van der Waals surface area contributed by atoms with Crippen molar-refractivity contribution in [2.75, 3.05) is 0 Å². The van der Waals surface area contributed by atoms with Crippen LogP contribution in [-0.4, -0.2) is 14.5 Å². The molecular formula is C30H30O4S. The molecule has 0 saturated heterocycles. The Morgan fingerprint density at radius 3 is 1.37 bits per heavy atom. The summed E-state index contributed by atoms with van der Waals surface area (Å²) in [5, 5.41) is 0. The van der Waals surface area contributed by atoms with Crippen LogP contribution in [0.3, 0.4) is 0 Å². The van der Waals surface area contributed by atoms with Gasteiger partial charge in [-0.3, -0.25) is 0 Å². The molecule has 4 rings (SSSR count). The molecule has 0 heterocycles. The van der Waals surface area contributed by atoms with E-state index in [2.05, 4.69) is 38.1 Å². The molecule has 0 saturated carbocycles. The van der Waals surface area contributed by atoms with Crippen LogP contribution in [0.5, 0.6) is 17.2 Å². The first-order valence-electron chi connectivity index (χ1n) is 11.7. The SMILES string of the molecule is CC(C)Oc1ccc(S(=O)(=O)c2ccc(Oc3ccc(-c4ccc(C(C)C)cc4)cc3)cc2)cc1. The summed E-state index contributed by atoms with van der Waals surface area (Å²) in [7, 11) is -3.63. The van der Waals surface area contributed by atoms with E-state index in [1.54, 1.807) is 48.5 Å². The number of sulfone groups is 1. The van der Waals surface area contributed by atoms with Crippen molar-refractivity contribution < 1.29 is 17.9 Å². The highest BCUT2D eigenvalue weighted by Crippen LogP contribution is 2.29. The molecule has 0 fully saturated rings. The third kappa shape index (κ3) is 5.92. The van der Waals surface area contributed by atoms with Gasteiger partial charge in [-0.25, -0.2) is 8.42 Å². The van der Waals surface area contributed by atoms with Crippen LogP contribution in [0.4, 0.5) is 0 Å². The molecule has 35 heavy (non-hydrogen) atoms. The zero-order valence-corrected chi connectivity index (χ0v) is 21.3. The number of rotatable bonds is 8. The fourth-order valence-electron chi connectivity index (χ4n) is 3.70. The van der Waals surface area contributed by atoms with Gasteiger partial charge in [-0.15, -0.1) is 0 Å². The second-order valence-corrected chi connectivity index (χ2v) is 11.0. The molecule has 0 radical (unpaired) electrons. The largest absolute Gasteiger partial charge is 0.491 e. The lowest BCUT2D eigenvalue weighted by atomic mass is 9.99. The van der Waals surface area contributed by atoms with Crippen LogP contribution in [0, 0.1) is 0 Å². The van der Waals surface area contributed by atoms with Gasteiger partial charge in [0, 0.05) is 0 Å². The molecular weight excluding hydrogens is 456 g/mol. The van der Waals surface area contributed by atoms with Crippen LogP contribution in [0.2, 0.25) is 0 Å². The van der Waals surface area contributed by atoms with Crippen LogP contribution in [0.1, 0.15) is 39.2 Å². The molecule has 180 valence electrons. The van der Waals surface area contributed by atoms with Gasteiger partial charge in [-0.2, -0.15) is 0 Å². The van der Waals surface area contributed by atoms with Gasteiger partial charge in [0.25, 0.3) is 0 Å². The topological polar surface area (TPSA) is 52.6 Å². The van der Waals surface area contributed by atoms with Gasteiger partial charge in [0.15, 0.2) is 0 Å². The Labute approximate surface area is 208 Å². The lowest BCUT2D eigenvalue weighted by molar-refractivity contribution is 0.242. The quantitative estimate of drug-likeness (QED) is 0.254. The fraction of sp³-hybridized carbons (Fsp3) is 0.200. The average molecular weight is 487 g/mol. The second-order valence-electron chi connectivity index (χ2n) is 9.02. The minimum atomic E-state index is -3.63. The molecule has 0 N–H and O–H groups in total. The first-order chi connectivity index (χ1) is 16.7. The van der Waals surface area contributed by atoms with Crippen LogP contribution >= 0.6 is 0 Å². The molecule has 4 aromatic rings. The monoisotopic (exact) mass is 486 g/mol. The minimum Gasteiger partial charge on any atom is -0.491 e. The number of benzene rings is 4. The molecule has 0 aromatic heterocycles. The van der Waals surface area contributed by atoms with Crippen molar-refractivity contribution in [2.45, 2.75) is 49.5 Å². The van der Waals surface area contributed by atoms with E-state index < -0.39 is 9.84 Å². The zero-order valence-electron chi connectivity index (χ0n) is 20.4. The lowest BCUT2D eigenvalue weighted by Crippen LogP contribution is -2.06. The first kappa shape index (κ1) is 24.6. The summed E-state index contributed by atoms with van der Waals surface area (Å²) < 4.78 is 37.5. The van der Waals surface area contributed by atoms with E-state index >= 15 is 0 Å². The molecule has 0 unspecified atom stereocenters. The van der Waals surface area contributed by atoms with Crippen molar-refractivity contribution in [3.05, 3.63) is 103 Å². The Morgan fingerprint density at radius 1 is 0.543 bits per heavy atom. The Balaban J connectivity index is 1.44. The molecule has 0 aliphatic rings. The third-order valence-electron chi connectivity index (χ3n) is 5.64. The molecule has 0 atom stereocenters. The van der Waals surface area contributed by atoms with Gasteiger partial charge in [0.05, 0.1) is 15.9 Å². The normalized spacial score (nSPS) is 11.6. The Hall–Kier alpha value is -3.57. The summed E-state index contributed by atoms with van der Waals surface area (Å²) in [5.74, 6) is 2.40. The van der Waals surface area contributed by atoms with Crippen LogP contribution < -0.4 is 9.47 Å². The Kier molecular flexibility index (Phi) is 7.27. The number of hydrogen-bond donors (Lipinski definition) is 0. The van der Waals surface area contributed by atoms with E-state index in [1.165, 1.54) is 5.56 Å². The summed E-state index contributed by atoms with van der Waals surface area (Å²) in [5.41, 5.74) is 3.58. The van der Waals surface area contributed by atoms with Crippen LogP contribution in [0.25, 0.3) is 11.1 Å². The maximum atomic E-state index is 13.0. The van der Waals surface area contributed by atoms with Crippen molar-refractivity contribution in [3.8, 4) is 28.4 Å². The summed E-state index contributed by atoms with van der Waals surface area (Å²) >= 11 is 0. The number of ether oxygens (including phenoxy) is 2. The highest BCUT2D eigenvalue weighted by atomic mass is 32.2. The Morgan fingerprint density at radius 2 is 0.943 bits per heavy atom. The summed E-state index contributed by atoms with van der Waals surface area (Å²) in [6, 6.07) is 29.4. The minimum absolute atomic E-state index is 0.0254. The molecule has 4 nitrogen and oxygen atoms in total. The molecule has 4 aromatic carbocycles. The molecule has 0 aliphatic carbocycles. The van der Waals surface area contributed by atoms with Crippen molar-refractivity contribution in [1.82, 2.24) is 0 Å².